The van der Waals surface area contributed by atoms with Gasteiger partial charge in [0.2, 0.25) is 0 Å². The Labute approximate surface area is 185 Å². The summed E-state index contributed by atoms with van der Waals surface area (Å²) in [5.41, 5.74) is 4.59. The third-order valence-electron chi connectivity index (χ3n) is 5.74. The lowest BCUT2D eigenvalue weighted by molar-refractivity contribution is 0.137. The number of rotatable bonds is 4. The van der Waals surface area contributed by atoms with Gasteiger partial charge in [-0.3, -0.25) is 10.2 Å². The van der Waals surface area contributed by atoms with Crippen LogP contribution in [0, 0.1) is 6.92 Å². The van der Waals surface area contributed by atoms with Crippen LogP contribution in [0.15, 0.2) is 70.5 Å². The van der Waals surface area contributed by atoms with Crippen molar-refractivity contribution in [2.45, 2.75) is 13.5 Å². The molecule has 4 aromatic rings. The fourth-order valence-electron chi connectivity index (χ4n) is 3.97. The van der Waals surface area contributed by atoms with E-state index in [0.717, 1.165) is 54.5 Å². The predicted molar refractivity (Wildman–Crippen MR) is 127 cm³/mol. The zero-order chi connectivity index (χ0) is 21.2. The van der Waals surface area contributed by atoms with Crippen LogP contribution in [-0.2, 0) is 6.54 Å². The first kappa shape index (κ1) is 19.8. The standard InChI is InChI=1S/C25H25N3O2S/c1-18-4-6-19(7-5-18)20-8-9-23-21(15-20)16-22(30-23)17-27-10-12-28(13-11-27)25(29)26-24-3-2-14-31-24/h2-9,14-16H,10-13,17H2,1H3,(H,26,29). The average Bonchev–Trinajstić information content (AvgIpc) is 3.43. The minimum atomic E-state index is -0.0190. The van der Waals surface area contributed by atoms with Gasteiger partial charge in [-0.05, 0) is 53.8 Å². The number of hydrogen-bond donors (Lipinski definition) is 1. The Kier molecular flexibility index (Phi) is 5.49. The summed E-state index contributed by atoms with van der Waals surface area (Å²) >= 11 is 1.54. The normalized spacial score (nSPS) is 14.8. The number of anilines is 1. The molecule has 0 aliphatic carbocycles. The summed E-state index contributed by atoms with van der Waals surface area (Å²) in [5, 5.41) is 6.94. The number of nitrogens with one attached hydrogen (secondary N) is 1. The summed E-state index contributed by atoms with van der Waals surface area (Å²) in [6.07, 6.45) is 0. The molecule has 0 atom stereocenters. The first-order valence-electron chi connectivity index (χ1n) is 10.6. The predicted octanol–water partition coefficient (Wildman–Crippen LogP) is 5.82. The molecular weight excluding hydrogens is 406 g/mol. The van der Waals surface area contributed by atoms with E-state index in [9.17, 15) is 4.79 Å². The Morgan fingerprint density at radius 1 is 1.00 bits per heavy atom. The van der Waals surface area contributed by atoms with Crippen molar-refractivity contribution in [3.63, 3.8) is 0 Å². The molecule has 6 heteroatoms. The van der Waals surface area contributed by atoms with Crippen LogP contribution in [0.5, 0.6) is 0 Å². The lowest BCUT2D eigenvalue weighted by Crippen LogP contribution is -2.49. The molecule has 2 amide bonds. The molecule has 158 valence electrons. The van der Waals surface area contributed by atoms with Gasteiger partial charge >= 0.3 is 6.03 Å². The number of carbonyl (C=O) groups excluding carboxylic acids is 1. The fourth-order valence-corrected chi connectivity index (χ4v) is 4.57. The van der Waals surface area contributed by atoms with Crippen LogP contribution in [0.1, 0.15) is 11.3 Å². The van der Waals surface area contributed by atoms with Crippen LogP contribution in [0.4, 0.5) is 9.80 Å². The highest BCUT2D eigenvalue weighted by Crippen LogP contribution is 2.27. The second-order valence-corrected chi connectivity index (χ2v) is 8.95. The number of fused-ring (bicyclic) bond motifs is 1. The molecule has 1 aliphatic heterocycles. The molecular formula is C25H25N3O2S. The number of furan rings is 1. The lowest BCUT2D eigenvalue weighted by Gasteiger charge is -2.34. The molecule has 0 spiro atoms. The number of carbonyl (C=O) groups is 1. The Morgan fingerprint density at radius 3 is 2.52 bits per heavy atom. The number of piperazine rings is 1. The molecule has 0 unspecified atom stereocenters. The molecule has 1 N–H and O–H groups in total. The van der Waals surface area contributed by atoms with Gasteiger partial charge < -0.3 is 9.32 Å². The van der Waals surface area contributed by atoms with E-state index in [4.69, 9.17) is 4.42 Å². The number of benzene rings is 2. The largest absolute Gasteiger partial charge is 0.460 e. The monoisotopic (exact) mass is 431 g/mol. The average molecular weight is 432 g/mol. The van der Waals surface area contributed by atoms with Crippen molar-refractivity contribution in [2.75, 3.05) is 31.5 Å². The summed E-state index contributed by atoms with van der Waals surface area (Å²) in [5.74, 6) is 0.965. The maximum atomic E-state index is 12.4. The molecule has 1 aliphatic rings. The van der Waals surface area contributed by atoms with Crippen LogP contribution >= 0.6 is 11.3 Å². The molecule has 31 heavy (non-hydrogen) atoms. The molecule has 5 rings (SSSR count). The topological polar surface area (TPSA) is 48.7 Å². The van der Waals surface area contributed by atoms with Gasteiger partial charge in [0.15, 0.2) is 0 Å². The van der Waals surface area contributed by atoms with Gasteiger partial charge in [0, 0.05) is 31.6 Å². The summed E-state index contributed by atoms with van der Waals surface area (Å²) in [6.45, 7) is 5.97. The molecule has 0 bridgehead atoms. The number of urea groups is 1. The SMILES string of the molecule is Cc1ccc(-c2ccc3oc(CN4CCN(C(=O)Nc5cccs5)CC4)cc3c2)cc1. The molecule has 5 nitrogen and oxygen atoms in total. The zero-order valence-electron chi connectivity index (χ0n) is 17.5. The van der Waals surface area contributed by atoms with E-state index < -0.39 is 0 Å². The molecule has 3 heterocycles. The van der Waals surface area contributed by atoms with E-state index in [-0.39, 0.29) is 6.03 Å². The Balaban J connectivity index is 1.21. The Bertz CT molecular complexity index is 1170. The minimum Gasteiger partial charge on any atom is -0.460 e. The van der Waals surface area contributed by atoms with E-state index >= 15 is 0 Å². The van der Waals surface area contributed by atoms with Crippen molar-refractivity contribution in [3.8, 4) is 11.1 Å². The lowest BCUT2D eigenvalue weighted by atomic mass is 10.0. The third kappa shape index (κ3) is 4.50. The molecule has 1 fully saturated rings. The quantitative estimate of drug-likeness (QED) is 0.443. The van der Waals surface area contributed by atoms with Crippen LogP contribution in [0.2, 0.25) is 0 Å². The van der Waals surface area contributed by atoms with Crippen LogP contribution in [0.3, 0.4) is 0 Å². The first-order chi connectivity index (χ1) is 15.1. The number of thiophene rings is 1. The second kappa shape index (κ2) is 8.57. The highest BCUT2D eigenvalue weighted by Gasteiger charge is 2.22. The van der Waals surface area contributed by atoms with Gasteiger partial charge in [-0.25, -0.2) is 4.79 Å². The van der Waals surface area contributed by atoms with Gasteiger partial charge in [-0.2, -0.15) is 0 Å². The van der Waals surface area contributed by atoms with Crippen molar-refractivity contribution in [1.82, 2.24) is 9.80 Å². The van der Waals surface area contributed by atoms with E-state index in [1.165, 1.54) is 28.0 Å². The highest BCUT2D eigenvalue weighted by atomic mass is 32.1. The van der Waals surface area contributed by atoms with E-state index in [1.54, 1.807) is 0 Å². The van der Waals surface area contributed by atoms with Crippen LogP contribution in [0.25, 0.3) is 22.1 Å². The molecule has 2 aromatic carbocycles. The third-order valence-corrected chi connectivity index (χ3v) is 6.53. The van der Waals surface area contributed by atoms with Gasteiger partial charge in [-0.15, -0.1) is 11.3 Å². The maximum Gasteiger partial charge on any atom is 0.322 e. The summed E-state index contributed by atoms with van der Waals surface area (Å²) in [7, 11) is 0. The number of aryl methyl sites for hydroxylation is 1. The first-order valence-corrected chi connectivity index (χ1v) is 11.4. The van der Waals surface area contributed by atoms with Crippen molar-refractivity contribution in [2.24, 2.45) is 0 Å². The second-order valence-electron chi connectivity index (χ2n) is 8.00. The van der Waals surface area contributed by atoms with E-state index in [0.29, 0.717) is 0 Å². The molecule has 0 radical (unpaired) electrons. The van der Waals surface area contributed by atoms with E-state index in [1.807, 2.05) is 22.4 Å². The van der Waals surface area contributed by atoms with Crippen molar-refractivity contribution in [1.29, 1.82) is 0 Å². The zero-order valence-corrected chi connectivity index (χ0v) is 18.3. The minimum absolute atomic E-state index is 0.0190. The molecule has 1 saturated heterocycles. The smallest absolute Gasteiger partial charge is 0.322 e. The fraction of sp³-hybridized carbons (Fsp3) is 0.240. The Hall–Kier alpha value is -3.09. The van der Waals surface area contributed by atoms with Gasteiger partial charge in [-0.1, -0.05) is 35.9 Å². The van der Waals surface area contributed by atoms with E-state index in [2.05, 4.69) is 65.7 Å². The van der Waals surface area contributed by atoms with Gasteiger partial charge in [0.05, 0.1) is 11.5 Å². The number of hydrogen-bond acceptors (Lipinski definition) is 4. The van der Waals surface area contributed by atoms with Crippen LogP contribution in [-0.4, -0.2) is 42.0 Å². The number of amides is 2. The van der Waals surface area contributed by atoms with Crippen molar-refractivity contribution < 1.29 is 9.21 Å². The Morgan fingerprint density at radius 2 is 1.77 bits per heavy atom. The van der Waals surface area contributed by atoms with Crippen molar-refractivity contribution >= 4 is 33.3 Å². The summed E-state index contributed by atoms with van der Waals surface area (Å²) < 4.78 is 6.09. The van der Waals surface area contributed by atoms with Gasteiger partial charge in [0.25, 0.3) is 0 Å². The summed E-state index contributed by atoms with van der Waals surface area (Å²) in [4.78, 5) is 16.6. The number of nitrogens with zero attached hydrogens (tertiary/aromatic N) is 2. The van der Waals surface area contributed by atoms with Crippen molar-refractivity contribution in [3.05, 3.63) is 77.4 Å². The maximum absolute atomic E-state index is 12.4. The van der Waals surface area contributed by atoms with Crippen LogP contribution < -0.4 is 5.32 Å². The highest BCUT2D eigenvalue weighted by molar-refractivity contribution is 7.14. The molecule has 0 saturated carbocycles. The summed E-state index contributed by atoms with van der Waals surface area (Å²) in [6, 6.07) is 20.9. The van der Waals surface area contributed by atoms with Gasteiger partial charge in [0.1, 0.15) is 11.3 Å². The molecule has 2 aromatic heterocycles.